The van der Waals surface area contributed by atoms with Crippen LogP contribution < -0.4 is 25.5 Å². The zero-order valence-electron chi connectivity index (χ0n) is 20.1. The van der Waals surface area contributed by atoms with Gasteiger partial charge < -0.3 is 24.8 Å². The molecule has 1 heterocycles. The largest absolute Gasteiger partial charge is 0.493 e. The van der Waals surface area contributed by atoms with Crippen LogP contribution in [-0.2, 0) is 25.3 Å². The highest BCUT2D eigenvalue weighted by atomic mass is 35.5. The molecule has 204 valence electrons. The molecule has 3 rings (SSSR count). The van der Waals surface area contributed by atoms with E-state index in [0.29, 0.717) is 12.2 Å². The number of anilines is 1. The van der Waals surface area contributed by atoms with Crippen LogP contribution in [0.3, 0.4) is 0 Å². The summed E-state index contributed by atoms with van der Waals surface area (Å²) in [5.41, 5.74) is 1.50. The summed E-state index contributed by atoms with van der Waals surface area (Å²) in [5.74, 6) is -2.44. The van der Waals surface area contributed by atoms with Gasteiger partial charge in [-0.3, -0.25) is 14.4 Å². The Morgan fingerprint density at radius 3 is 2.68 bits per heavy atom. The summed E-state index contributed by atoms with van der Waals surface area (Å²) >= 11 is 6.24. The van der Waals surface area contributed by atoms with E-state index in [1.165, 1.54) is 37.6 Å². The van der Waals surface area contributed by atoms with Gasteiger partial charge in [-0.25, -0.2) is 5.43 Å². The van der Waals surface area contributed by atoms with Crippen LogP contribution in [0.2, 0.25) is 5.02 Å². The predicted molar refractivity (Wildman–Crippen MR) is 131 cm³/mol. The number of nitrogens with one attached hydrogen (secondary N) is 3. The van der Waals surface area contributed by atoms with Crippen LogP contribution >= 0.6 is 11.6 Å². The van der Waals surface area contributed by atoms with Crippen molar-refractivity contribution in [3.05, 3.63) is 52.5 Å². The van der Waals surface area contributed by atoms with Crippen molar-refractivity contribution < 1.29 is 41.8 Å². The number of carbonyl (C=O) groups excluding carboxylic acids is 3. The van der Waals surface area contributed by atoms with Gasteiger partial charge in [0, 0.05) is 18.8 Å². The first kappa shape index (κ1) is 28.7. The van der Waals surface area contributed by atoms with Gasteiger partial charge in [-0.2, -0.15) is 18.3 Å². The zero-order valence-corrected chi connectivity index (χ0v) is 20.8. The van der Waals surface area contributed by atoms with E-state index < -0.39 is 36.1 Å². The van der Waals surface area contributed by atoms with Gasteiger partial charge in [0.05, 0.1) is 30.0 Å². The molecule has 0 radical (unpaired) electrons. The van der Waals surface area contributed by atoms with E-state index >= 15 is 0 Å². The molecule has 1 fully saturated rings. The second-order valence-corrected chi connectivity index (χ2v) is 8.40. The minimum absolute atomic E-state index is 0.00283. The van der Waals surface area contributed by atoms with Crippen LogP contribution in [0.15, 0.2) is 41.5 Å². The van der Waals surface area contributed by atoms with Gasteiger partial charge in [0.2, 0.25) is 0 Å². The molecule has 3 N–H and O–H groups in total. The van der Waals surface area contributed by atoms with Crippen LogP contribution in [-0.4, -0.2) is 56.9 Å². The van der Waals surface area contributed by atoms with E-state index in [4.69, 9.17) is 25.8 Å². The Labute approximate surface area is 220 Å². The molecule has 0 aliphatic carbocycles. The molecule has 2 aromatic rings. The van der Waals surface area contributed by atoms with Crippen LogP contribution in [0.25, 0.3) is 0 Å². The summed E-state index contributed by atoms with van der Waals surface area (Å²) in [4.78, 5) is 35.9. The average molecular weight is 557 g/mol. The number of methoxy groups -OCH3 is 1. The Kier molecular flexibility index (Phi) is 9.91. The zero-order chi connectivity index (χ0) is 27.7. The standard InChI is InChI=1S/C24H24ClF3N4O6/c1-36-19-9-14(11-30-32-23(35)22(34)29-12-17-6-3-7-37-17)8-18(25)21(19)38-13-20(33)31-16-5-2-4-15(10-16)24(26,27)28/h2,4-5,8-11,17H,3,6-7,12-13H2,1H3,(H,29,34)(H,31,33)(H,32,35)/b30-11-/t17-/m0/s1. The maximum absolute atomic E-state index is 12.9. The summed E-state index contributed by atoms with van der Waals surface area (Å²) < 4.78 is 54.6. The lowest BCUT2D eigenvalue weighted by molar-refractivity contribution is -0.139. The monoisotopic (exact) mass is 556 g/mol. The summed E-state index contributed by atoms with van der Waals surface area (Å²) in [5, 5.41) is 8.53. The number of nitrogens with zero attached hydrogens (tertiary/aromatic N) is 1. The SMILES string of the molecule is COc1cc(/C=N\NC(=O)C(=O)NC[C@@H]2CCCO2)cc(Cl)c1OCC(=O)Nc1cccc(C(F)(F)F)c1. The molecule has 3 amide bonds. The van der Waals surface area contributed by atoms with Crippen LogP contribution in [0.5, 0.6) is 11.5 Å². The van der Waals surface area contributed by atoms with E-state index in [-0.39, 0.29) is 34.9 Å². The topological polar surface area (TPSA) is 127 Å². The minimum Gasteiger partial charge on any atom is -0.493 e. The van der Waals surface area contributed by atoms with E-state index in [2.05, 4.69) is 21.2 Å². The number of hydrazone groups is 1. The number of carbonyl (C=O) groups is 3. The number of hydrogen-bond acceptors (Lipinski definition) is 7. The highest BCUT2D eigenvalue weighted by molar-refractivity contribution is 6.35. The molecule has 0 bridgehead atoms. The summed E-state index contributed by atoms with van der Waals surface area (Å²) in [6.45, 7) is 0.277. The first-order valence-corrected chi connectivity index (χ1v) is 11.6. The lowest BCUT2D eigenvalue weighted by Gasteiger charge is -2.14. The van der Waals surface area contributed by atoms with Gasteiger partial charge in [-0.15, -0.1) is 0 Å². The fraction of sp³-hybridized carbons (Fsp3) is 0.333. The summed E-state index contributed by atoms with van der Waals surface area (Å²) in [6, 6.07) is 7.00. The number of rotatable bonds is 9. The van der Waals surface area contributed by atoms with Crippen LogP contribution in [0.4, 0.5) is 18.9 Å². The first-order valence-electron chi connectivity index (χ1n) is 11.3. The quantitative estimate of drug-likeness (QED) is 0.247. The van der Waals surface area contributed by atoms with Gasteiger partial charge in [0.1, 0.15) is 0 Å². The molecule has 2 aromatic carbocycles. The smallest absolute Gasteiger partial charge is 0.416 e. The number of halogens is 4. The van der Waals surface area contributed by atoms with Crippen molar-refractivity contribution in [2.45, 2.75) is 25.1 Å². The molecule has 38 heavy (non-hydrogen) atoms. The van der Waals surface area contributed by atoms with Crippen molar-refractivity contribution in [3.8, 4) is 11.5 Å². The number of ether oxygens (including phenoxy) is 3. The molecule has 1 aliphatic heterocycles. The highest BCUT2D eigenvalue weighted by Crippen LogP contribution is 2.36. The van der Waals surface area contributed by atoms with Crippen LogP contribution in [0, 0.1) is 0 Å². The van der Waals surface area contributed by atoms with E-state index in [0.717, 1.165) is 25.0 Å². The molecular weight excluding hydrogens is 533 g/mol. The van der Waals surface area contributed by atoms with Crippen molar-refractivity contribution in [2.24, 2.45) is 5.10 Å². The van der Waals surface area contributed by atoms with E-state index in [9.17, 15) is 27.6 Å². The van der Waals surface area contributed by atoms with Crippen molar-refractivity contribution in [2.75, 3.05) is 32.2 Å². The van der Waals surface area contributed by atoms with Gasteiger partial charge in [0.25, 0.3) is 5.91 Å². The normalized spacial score (nSPS) is 15.2. The Morgan fingerprint density at radius 1 is 1.21 bits per heavy atom. The molecule has 14 heteroatoms. The third-order valence-electron chi connectivity index (χ3n) is 5.17. The lowest BCUT2D eigenvalue weighted by Crippen LogP contribution is -2.41. The molecule has 0 unspecified atom stereocenters. The molecule has 0 aromatic heterocycles. The van der Waals surface area contributed by atoms with Crippen molar-refractivity contribution in [1.82, 2.24) is 10.7 Å². The van der Waals surface area contributed by atoms with Gasteiger partial charge in [-0.1, -0.05) is 17.7 Å². The number of amides is 3. The van der Waals surface area contributed by atoms with E-state index in [1.807, 2.05) is 0 Å². The molecule has 1 saturated heterocycles. The predicted octanol–water partition coefficient (Wildman–Crippen LogP) is 3.13. The Balaban J connectivity index is 1.54. The summed E-state index contributed by atoms with van der Waals surface area (Å²) in [7, 11) is 1.32. The Morgan fingerprint density at radius 2 is 2.00 bits per heavy atom. The second-order valence-electron chi connectivity index (χ2n) is 7.99. The molecule has 1 aliphatic rings. The Hall–Kier alpha value is -3.84. The lowest BCUT2D eigenvalue weighted by atomic mass is 10.2. The minimum atomic E-state index is -4.55. The maximum atomic E-state index is 12.9. The van der Waals surface area contributed by atoms with Crippen molar-refractivity contribution in [3.63, 3.8) is 0 Å². The molecule has 0 saturated carbocycles. The number of alkyl halides is 3. The third-order valence-corrected chi connectivity index (χ3v) is 5.45. The number of benzene rings is 2. The summed E-state index contributed by atoms with van der Waals surface area (Å²) in [6.07, 6.45) is -1.74. The number of hydrogen-bond donors (Lipinski definition) is 3. The first-order chi connectivity index (χ1) is 18.1. The molecule has 1 atom stereocenters. The fourth-order valence-electron chi connectivity index (χ4n) is 3.37. The maximum Gasteiger partial charge on any atom is 0.416 e. The Bertz CT molecular complexity index is 1200. The highest BCUT2D eigenvalue weighted by Gasteiger charge is 2.30. The van der Waals surface area contributed by atoms with Crippen LogP contribution in [0.1, 0.15) is 24.0 Å². The van der Waals surface area contributed by atoms with Gasteiger partial charge in [-0.05, 0) is 48.7 Å². The third kappa shape index (κ3) is 8.35. The van der Waals surface area contributed by atoms with E-state index in [1.54, 1.807) is 0 Å². The van der Waals surface area contributed by atoms with Gasteiger partial charge in [0.15, 0.2) is 18.1 Å². The van der Waals surface area contributed by atoms with Crippen molar-refractivity contribution >= 4 is 41.2 Å². The molecule has 10 nitrogen and oxygen atoms in total. The molecular formula is C24H24ClF3N4O6. The van der Waals surface area contributed by atoms with Crippen molar-refractivity contribution in [1.29, 1.82) is 0 Å². The fourth-order valence-corrected chi connectivity index (χ4v) is 3.64. The van der Waals surface area contributed by atoms with Gasteiger partial charge >= 0.3 is 18.0 Å². The molecule has 0 spiro atoms. The second kappa shape index (κ2) is 13.1. The average Bonchev–Trinajstić information content (AvgIpc) is 3.39.